The second kappa shape index (κ2) is 4.64. The lowest BCUT2D eigenvalue weighted by Crippen LogP contribution is -2.30. The SMILES string of the molecule is Cc1cc(NC2CCS(=O)CC2)n2ncnc2n1. The van der Waals surface area contributed by atoms with E-state index >= 15 is 0 Å². The molecule has 1 N–H and O–H groups in total. The summed E-state index contributed by atoms with van der Waals surface area (Å²) in [5.41, 5.74) is 0.914. The fourth-order valence-electron chi connectivity index (χ4n) is 2.18. The molecule has 96 valence electrons. The smallest absolute Gasteiger partial charge is 0.254 e. The highest BCUT2D eigenvalue weighted by molar-refractivity contribution is 7.85. The molecule has 0 aliphatic carbocycles. The normalized spacial score (nSPS) is 24.3. The fraction of sp³-hybridized carbons (Fsp3) is 0.545. The first-order valence-electron chi connectivity index (χ1n) is 6.01. The van der Waals surface area contributed by atoms with Crippen molar-refractivity contribution in [2.24, 2.45) is 0 Å². The third-order valence-corrected chi connectivity index (χ3v) is 4.50. The van der Waals surface area contributed by atoms with Crippen LogP contribution in [0.1, 0.15) is 18.5 Å². The van der Waals surface area contributed by atoms with E-state index in [1.807, 2.05) is 13.0 Å². The van der Waals surface area contributed by atoms with Gasteiger partial charge in [0.1, 0.15) is 12.1 Å². The summed E-state index contributed by atoms with van der Waals surface area (Å²) >= 11 is 0. The van der Waals surface area contributed by atoms with E-state index in [2.05, 4.69) is 20.4 Å². The third kappa shape index (κ3) is 2.22. The summed E-state index contributed by atoms with van der Waals surface area (Å²) in [6.45, 7) is 1.94. The van der Waals surface area contributed by atoms with E-state index in [9.17, 15) is 4.21 Å². The van der Waals surface area contributed by atoms with E-state index in [0.717, 1.165) is 35.9 Å². The van der Waals surface area contributed by atoms with Crippen molar-refractivity contribution < 1.29 is 4.21 Å². The number of nitrogens with zero attached hydrogens (tertiary/aromatic N) is 4. The Morgan fingerprint density at radius 3 is 3.00 bits per heavy atom. The van der Waals surface area contributed by atoms with E-state index in [-0.39, 0.29) is 0 Å². The number of aromatic nitrogens is 4. The molecule has 2 aromatic heterocycles. The van der Waals surface area contributed by atoms with Crippen LogP contribution in [0.2, 0.25) is 0 Å². The van der Waals surface area contributed by atoms with Gasteiger partial charge in [0, 0.05) is 40.1 Å². The second-order valence-corrected chi connectivity index (χ2v) is 6.22. The first-order chi connectivity index (χ1) is 8.72. The Morgan fingerprint density at radius 1 is 1.44 bits per heavy atom. The van der Waals surface area contributed by atoms with Crippen molar-refractivity contribution in [1.82, 2.24) is 19.6 Å². The van der Waals surface area contributed by atoms with Crippen LogP contribution in [0.4, 0.5) is 5.82 Å². The van der Waals surface area contributed by atoms with Crippen molar-refractivity contribution >= 4 is 22.4 Å². The molecule has 7 heteroatoms. The first kappa shape index (κ1) is 11.6. The maximum atomic E-state index is 11.3. The molecule has 1 aliphatic rings. The van der Waals surface area contributed by atoms with Crippen LogP contribution in [0.3, 0.4) is 0 Å². The fourth-order valence-corrected chi connectivity index (χ4v) is 3.48. The zero-order valence-electron chi connectivity index (χ0n) is 10.2. The Kier molecular flexibility index (Phi) is 2.99. The van der Waals surface area contributed by atoms with Crippen LogP contribution in [0.15, 0.2) is 12.4 Å². The molecule has 0 saturated carbocycles. The standard InChI is InChI=1S/C11H15N5OS/c1-8-6-10(16-11(14-8)12-7-13-16)15-9-2-4-18(17)5-3-9/h6-7,9,15H,2-5H2,1H3. The molecule has 2 aromatic rings. The van der Waals surface area contributed by atoms with Gasteiger partial charge in [-0.15, -0.1) is 0 Å². The van der Waals surface area contributed by atoms with Crippen LogP contribution < -0.4 is 5.32 Å². The zero-order chi connectivity index (χ0) is 12.5. The second-order valence-electron chi connectivity index (χ2n) is 4.52. The van der Waals surface area contributed by atoms with Crippen molar-refractivity contribution in [3.63, 3.8) is 0 Å². The maximum absolute atomic E-state index is 11.3. The summed E-state index contributed by atoms with van der Waals surface area (Å²) in [5, 5.41) is 7.62. The van der Waals surface area contributed by atoms with Crippen LogP contribution >= 0.6 is 0 Å². The summed E-state index contributed by atoms with van der Waals surface area (Å²) in [4.78, 5) is 8.40. The molecular weight excluding hydrogens is 250 g/mol. The summed E-state index contributed by atoms with van der Waals surface area (Å²) in [6.07, 6.45) is 3.37. The Morgan fingerprint density at radius 2 is 2.22 bits per heavy atom. The molecule has 0 spiro atoms. The summed E-state index contributed by atoms with van der Waals surface area (Å²) in [7, 11) is -0.630. The highest BCUT2D eigenvalue weighted by atomic mass is 32.2. The minimum absolute atomic E-state index is 0.358. The summed E-state index contributed by atoms with van der Waals surface area (Å²) < 4.78 is 13.0. The average Bonchev–Trinajstić information content (AvgIpc) is 2.80. The highest BCUT2D eigenvalue weighted by Gasteiger charge is 2.18. The van der Waals surface area contributed by atoms with Crippen LogP contribution in [0, 0.1) is 6.92 Å². The van der Waals surface area contributed by atoms with E-state index in [1.165, 1.54) is 6.33 Å². The lowest BCUT2D eigenvalue weighted by atomic mass is 10.1. The molecule has 3 rings (SSSR count). The number of hydrogen-bond acceptors (Lipinski definition) is 5. The molecule has 0 aromatic carbocycles. The Labute approximate surface area is 107 Å². The van der Waals surface area contributed by atoms with Gasteiger partial charge in [-0.05, 0) is 19.8 Å². The molecule has 1 fully saturated rings. The molecular formula is C11H15N5OS. The van der Waals surface area contributed by atoms with Crippen LogP contribution in [0.5, 0.6) is 0 Å². The molecule has 6 nitrogen and oxygen atoms in total. The highest BCUT2D eigenvalue weighted by Crippen LogP contribution is 2.17. The lowest BCUT2D eigenvalue weighted by molar-refractivity contribution is 0.620. The Bertz CT molecular complexity index is 586. The molecule has 18 heavy (non-hydrogen) atoms. The van der Waals surface area contributed by atoms with E-state index < -0.39 is 10.8 Å². The Hall–Kier alpha value is -1.50. The van der Waals surface area contributed by atoms with Crippen LogP contribution in [-0.2, 0) is 10.8 Å². The molecule has 3 heterocycles. The summed E-state index contributed by atoms with van der Waals surface area (Å²) in [6, 6.07) is 2.32. The van der Waals surface area contributed by atoms with Gasteiger partial charge in [-0.1, -0.05) is 0 Å². The van der Waals surface area contributed by atoms with E-state index in [0.29, 0.717) is 11.8 Å². The number of nitrogens with one attached hydrogen (secondary N) is 1. The number of aryl methyl sites for hydroxylation is 1. The van der Waals surface area contributed by atoms with Crippen molar-refractivity contribution in [3.8, 4) is 0 Å². The van der Waals surface area contributed by atoms with Crippen LogP contribution in [-0.4, -0.2) is 41.3 Å². The monoisotopic (exact) mass is 265 g/mol. The van der Waals surface area contributed by atoms with Gasteiger partial charge in [-0.2, -0.15) is 14.6 Å². The topological polar surface area (TPSA) is 72.2 Å². The van der Waals surface area contributed by atoms with Gasteiger partial charge >= 0.3 is 0 Å². The number of anilines is 1. The third-order valence-electron chi connectivity index (χ3n) is 3.12. The molecule has 1 saturated heterocycles. The van der Waals surface area contributed by atoms with Crippen LogP contribution in [0.25, 0.3) is 5.78 Å². The molecule has 0 atom stereocenters. The number of rotatable bonds is 2. The largest absolute Gasteiger partial charge is 0.367 e. The van der Waals surface area contributed by atoms with Gasteiger partial charge in [-0.25, -0.2) is 4.98 Å². The predicted octanol–water partition coefficient (Wildman–Crippen LogP) is 0.756. The predicted molar refractivity (Wildman–Crippen MR) is 70.0 cm³/mol. The van der Waals surface area contributed by atoms with Crippen molar-refractivity contribution in [2.45, 2.75) is 25.8 Å². The van der Waals surface area contributed by atoms with Gasteiger partial charge in [-0.3, -0.25) is 4.21 Å². The molecule has 0 unspecified atom stereocenters. The van der Waals surface area contributed by atoms with Gasteiger partial charge in [0.15, 0.2) is 0 Å². The minimum Gasteiger partial charge on any atom is -0.367 e. The van der Waals surface area contributed by atoms with E-state index in [4.69, 9.17) is 0 Å². The van der Waals surface area contributed by atoms with Crippen molar-refractivity contribution in [3.05, 3.63) is 18.1 Å². The molecule has 0 bridgehead atoms. The number of fused-ring (bicyclic) bond motifs is 1. The van der Waals surface area contributed by atoms with Gasteiger partial charge in [0.2, 0.25) is 0 Å². The van der Waals surface area contributed by atoms with Gasteiger partial charge in [0.25, 0.3) is 5.78 Å². The quantitative estimate of drug-likeness (QED) is 0.867. The average molecular weight is 265 g/mol. The maximum Gasteiger partial charge on any atom is 0.254 e. The number of hydrogen-bond donors (Lipinski definition) is 1. The van der Waals surface area contributed by atoms with Gasteiger partial charge in [0.05, 0.1) is 0 Å². The summed E-state index contributed by atoms with van der Waals surface area (Å²) in [5.74, 6) is 3.08. The molecule has 1 aliphatic heterocycles. The Balaban J connectivity index is 1.85. The zero-order valence-corrected chi connectivity index (χ0v) is 11.0. The van der Waals surface area contributed by atoms with Crippen molar-refractivity contribution in [2.75, 3.05) is 16.8 Å². The van der Waals surface area contributed by atoms with Crippen molar-refractivity contribution in [1.29, 1.82) is 0 Å². The molecule has 0 radical (unpaired) electrons. The minimum atomic E-state index is -0.630. The van der Waals surface area contributed by atoms with E-state index in [1.54, 1.807) is 4.52 Å². The first-order valence-corrected chi connectivity index (χ1v) is 7.50. The molecule has 0 amide bonds. The van der Waals surface area contributed by atoms with Gasteiger partial charge < -0.3 is 5.32 Å². The lowest BCUT2D eigenvalue weighted by Gasteiger charge is -2.23.